The standard InChI is InChI=1S/C29H36F2N4O3/c1-2-3-10-34-18-22(15-27(34)36)28(37)33-25(14-20-12-23(30)16-24(31)13-20)17-26-19-35(11-9-32-26)29(38)21-7-5-4-6-8-21/h4-8,12-13,16,22,25-26,32H,2-3,9-11,14-15,17-19H2,1H3,(H,33,37)/t22?,25?,26-/m0/s1. The van der Waals surface area contributed by atoms with Gasteiger partial charge in [0.25, 0.3) is 5.91 Å². The Morgan fingerprint density at radius 3 is 2.55 bits per heavy atom. The van der Waals surface area contributed by atoms with Crippen LogP contribution >= 0.6 is 0 Å². The summed E-state index contributed by atoms with van der Waals surface area (Å²) < 4.78 is 27.8. The molecule has 0 aliphatic carbocycles. The molecule has 0 saturated carbocycles. The smallest absolute Gasteiger partial charge is 0.253 e. The second-order valence-corrected chi connectivity index (χ2v) is 10.3. The molecule has 7 nitrogen and oxygen atoms in total. The minimum absolute atomic E-state index is 0.0219. The fourth-order valence-corrected chi connectivity index (χ4v) is 5.31. The second kappa shape index (κ2) is 13.0. The number of hydrogen-bond acceptors (Lipinski definition) is 4. The van der Waals surface area contributed by atoms with Crippen molar-refractivity contribution in [2.24, 2.45) is 5.92 Å². The number of benzene rings is 2. The van der Waals surface area contributed by atoms with E-state index in [9.17, 15) is 23.2 Å². The zero-order chi connectivity index (χ0) is 27.1. The van der Waals surface area contributed by atoms with Gasteiger partial charge in [-0.3, -0.25) is 14.4 Å². The van der Waals surface area contributed by atoms with Gasteiger partial charge in [0.1, 0.15) is 11.6 Å². The first kappa shape index (κ1) is 27.7. The van der Waals surface area contributed by atoms with Crippen molar-refractivity contribution in [1.82, 2.24) is 20.4 Å². The predicted octanol–water partition coefficient (Wildman–Crippen LogP) is 3.15. The third-order valence-corrected chi connectivity index (χ3v) is 7.25. The van der Waals surface area contributed by atoms with Crippen molar-refractivity contribution in [3.63, 3.8) is 0 Å². The monoisotopic (exact) mass is 526 g/mol. The first-order valence-electron chi connectivity index (χ1n) is 13.4. The summed E-state index contributed by atoms with van der Waals surface area (Å²) >= 11 is 0. The molecule has 3 atom stereocenters. The van der Waals surface area contributed by atoms with Crippen molar-refractivity contribution in [2.45, 2.75) is 51.1 Å². The third-order valence-electron chi connectivity index (χ3n) is 7.25. The van der Waals surface area contributed by atoms with Crippen molar-refractivity contribution in [3.8, 4) is 0 Å². The fraction of sp³-hybridized carbons (Fsp3) is 0.483. The minimum atomic E-state index is -0.673. The molecule has 4 rings (SSSR count). The summed E-state index contributed by atoms with van der Waals surface area (Å²) in [5.41, 5.74) is 1.06. The Labute approximate surface area is 222 Å². The van der Waals surface area contributed by atoms with Crippen molar-refractivity contribution >= 4 is 17.7 Å². The average Bonchev–Trinajstić information content (AvgIpc) is 3.27. The van der Waals surface area contributed by atoms with E-state index in [1.54, 1.807) is 21.9 Å². The van der Waals surface area contributed by atoms with Gasteiger partial charge in [0.2, 0.25) is 11.8 Å². The summed E-state index contributed by atoms with van der Waals surface area (Å²) in [6.07, 6.45) is 2.70. The highest BCUT2D eigenvalue weighted by Gasteiger charge is 2.35. The first-order valence-corrected chi connectivity index (χ1v) is 13.4. The Hall–Kier alpha value is -3.33. The van der Waals surface area contributed by atoms with Gasteiger partial charge in [-0.1, -0.05) is 31.5 Å². The van der Waals surface area contributed by atoms with Gasteiger partial charge in [-0.25, -0.2) is 8.78 Å². The van der Waals surface area contributed by atoms with Gasteiger partial charge >= 0.3 is 0 Å². The van der Waals surface area contributed by atoms with Crippen LogP contribution in [0.2, 0.25) is 0 Å². The number of hydrogen-bond donors (Lipinski definition) is 2. The van der Waals surface area contributed by atoms with Crippen LogP contribution in [0.4, 0.5) is 8.78 Å². The van der Waals surface area contributed by atoms with Crippen molar-refractivity contribution in [2.75, 3.05) is 32.7 Å². The van der Waals surface area contributed by atoms with E-state index in [0.717, 1.165) is 18.9 Å². The maximum Gasteiger partial charge on any atom is 0.253 e. The van der Waals surface area contributed by atoms with E-state index >= 15 is 0 Å². The van der Waals surface area contributed by atoms with E-state index in [-0.39, 0.29) is 36.6 Å². The molecular formula is C29H36F2N4O3. The van der Waals surface area contributed by atoms with E-state index in [1.807, 2.05) is 18.2 Å². The molecule has 0 spiro atoms. The van der Waals surface area contributed by atoms with E-state index < -0.39 is 23.6 Å². The van der Waals surface area contributed by atoms with E-state index in [0.29, 0.717) is 50.3 Å². The van der Waals surface area contributed by atoms with Crippen LogP contribution in [-0.4, -0.2) is 72.3 Å². The van der Waals surface area contributed by atoms with Crippen molar-refractivity contribution in [1.29, 1.82) is 0 Å². The maximum atomic E-state index is 13.9. The van der Waals surface area contributed by atoms with Gasteiger partial charge < -0.3 is 20.4 Å². The Morgan fingerprint density at radius 2 is 1.84 bits per heavy atom. The third kappa shape index (κ3) is 7.37. The molecule has 0 radical (unpaired) electrons. The fourth-order valence-electron chi connectivity index (χ4n) is 5.31. The Balaban J connectivity index is 1.44. The lowest BCUT2D eigenvalue weighted by Crippen LogP contribution is -2.55. The Kier molecular flexibility index (Phi) is 9.44. The summed E-state index contributed by atoms with van der Waals surface area (Å²) in [7, 11) is 0. The van der Waals surface area contributed by atoms with Crippen molar-refractivity contribution < 1.29 is 23.2 Å². The van der Waals surface area contributed by atoms with Crippen LogP contribution < -0.4 is 10.6 Å². The lowest BCUT2D eigenvalue weighted by atomic mass is 9.96. The number of piperazine rings is 1. The molecule has 2 aliphatic rings. The zero-order valence-electron chi connectivity index (χ0n) is 21.8. The number of nitrogens with zero attached hydrogens (tertiary/aromatic N) is 2. The Bertz CT molecular complexity index is 1110. The van der Waals surface area contributed by atoms with Crippen LogP contribution in [0.3, 0.4) is 0 Å². The lowest BCUT2D eigenvalue weighted by Gasteiger charge is -2.36. The number of nitrogens with one attached hydrogen (secondary N) is 2. The molecule has 0 aromatic heterocycles. The lowest BCUT2D eigenvalue weighted by molar-refractivity contribution is -0.129. The number of carbonyl (C=O) groups excluding carboxylic acids is 3. The summed E-state index contributed by atoms with van der Waals surface area (Å²) in [5, 5.41) is 6.48. The highest BCUT2D eigenvalue weighted by molar-refractivity contribution is 5.94. The van der Waals surface area contributed by atoms with Gasteiger partial charge in [-0.05, 0) is 49.1 Å². The summed E-state index contributed by atoms with van der Waals surface area (Å²) in [6.45, 7) is 4.69. The number of carbonyl (C=O) groups is 3. The number of unbranched alkanes of at least 4 members (excludes halogenated alkanes) is 1. The molecule has 9 heteroatoms. The predicted molar refractivity (Wildman–Crippen MR) is 140 cm³/mol. The van der Waals surface area contributed by atoms with Crippen LogP contribution in [0.15, 0.2) is 48.5 Å². The van der Waals surface area contributed by atoms with Crippen LogP contribution in [0, 0.1) is 17.6 Å². The molecule has 2 unspecified atom stereocenters. The molecule has 0 bridgehead atoms. The van der Waals surface area contributed by atoms with E-state index in [2.05, 4.69) is 17.6 Å². The van der Waals surface area contributed by atoms with Crippen molar-refractivity contribution in [3.05, 3.63) is 71.3 Å². The molecule has 38 heavy (non-hydrogen) atoms. The van der Waals surface area contributed by atoms with E-state index in [1.165, 1.54) is 12.1 Å². The first-order chi connectivity index (χ1) is 18.3. The molecule has 2 aromatic carbocycles. The summed E-state index contributed by atoms with van der Waals surface area (Å²) in [6, 6.07) is 11.9. The van der Waals surface area contributed by atoms with Gasteiger partial charge in [0, 0.05) is 62.9 Å². The van der Waals surface area contributed by atoms with Gasteiger partial charge in [0.15, 0.2) is 0 Å². The normalized spacial score (nSPS) is 20.4. The van der Waals surface area contributed by atoms with Gasteiger partial charge in [-0.15, -0.1) is 0 Å². The molecule has 3 amide bonds. The second-order valence-electron chi connectivity index (χ2n) is 10.3. The van der Waals surface area contributed by atoms with Gasteiger partial charge in [-0.2, -0.15) is 0 Å². The van der Waals surface area contributed by atoms with Crippen LogP contribution in [-0.2, 0) is 16.0 Å². The SMILES string of the molecule is CCCCN1CC(C(=O)NC(Cc2cc(F)cc(F)c2)C[C@H]2CN(C(=O)c3ccccc3)CCN2)CC1=O. The Morgan fingerprint density at radius 1 is 1.11 bits per heavy atom. The van der Waals surface area contributed by atoms with E-state index in [4.69, 9.17) is 0 Å². The number of amides is 3. The minimum Gasteiger partial charge on any atom is -0.353 e. The highest BCUT2D eigenvalue weighted by atomic mass is 19.1. The molecule has 2 N–H and O–H groups in total. The summed E-state index contributed by atoms with van der Waals surface area (Å²) in [5.74, 6) is -2.11. The molecule has 204 valence electrons. The topological polar surface area (TPSA) is 81.8 Å². The molecule has 2 saturated heterocycles. The quantitative estimate of drug-likeness (QED) is 0.499. The number of rotatable bonds is 10. The molecule has 2 aliphatic heterocycles. The van der Waals surface area contributed by atoms with Crippen LogP contribution in [0.1, 0.15) is 48.5 Å². The number of halogens is 2. The highest BCUT2D eigenvalue weighted by Crippen LogP contribution is 2.21. The van der Waals surface area contributed by atoms with Gasteiger partial charge in [0.05, 0.1) is 5.92 Å². The molecule has 2 aromatic rings. The number of likely N-dealkylation sites (tertiary alicyclic amines) is 1. The van der Waals surface area contributed by atoms with Crippen LogP contribution in [0.25, 0.3) is 0 Å². The summed E-state index contributed by atoms with van der Waals surface area (Å²) in [4.78, 5) is 42.1. The molecular weight excluding hydrogens is 490 g/mol. The maximum absolute atomic E-state index is 13.9. The largest absolute Gasteiger partial charge is 0.353 e. The average molecular weight is 527 g/mol. The van der Waals surface area contributed by atoms with Crippen LogP contribution in [0.5, 0.6) is 0 Å². The molecule has 2 heterocycles. The zero-order valence-corrected chi connectivity index (χ0v) is 21.8. The molecule has 2 fully saturated rings.